The average molecular weight is 444 g/mol. The van der Waals surface area contributed by atoms with Crippen molar-refractivity contribution in [1.82, 2.24) is 4.90 Å². The van der Waals surface area contributed by atoms with Crippen molar-refractivity contribution < 1.29 is 23.8 Å². The maximum absolute atomic E-state index is 12.8. The summed E-state index contributed by atoms with van der Waals surface area (Å²) in [5.74, 6) is 1.42. The summed E-state index contributed by atoms with van der Waals surface area (Å²) in [7, 11) is 4.67. The van der Waals surface area contributed by atoms with Gasteiger partial charge in [-0.25, -0.2) is 4.99 Å². The second-order valence-electron chi connectivity index (χ2n) is 6.60. The molecule has 2 aromatic carbocycles. The molecule has 0 aromatic heterocycles. The zero-order chi connectivity index (χ0) is 22.4. The SMILES string of the molecule is CCN1C(=O)C(CC(=O)Nc2ccc(OC)cc2OC)SC1=Nc1ccc(OC)cc1. The first-order valence-corrected chi connectivity index (χ1v) is 10.6. The maximum atomic E-state index is 12.8. The third kappa shape index (κ3) is 5.29. The van der Waals surface area contributed by atoms with E-state index in [0.717, 1.165) is 5.75 Å². The number of nitrogens with one attached hydrogen (secondary N) is 1. The van der Waals surface area contributed by atoms with Crippen LogP contribution in [0.4, 0.5) is 11.4 Å². The number of aliphatic imine (C=N–C) groups is 1. The van der Waals surface area contributed by atoms with E-state index in [1.54, 1.807) is 37.3 Å². The summed E-state index contributed by atoms with van der Waals surface area (Å²) in [5, 5.41) is 2.85. The number of nitrogens with zero attached hydrogens (tertiary/aromatic N) is 2. The van der Waals surface area contributed by atoms with Crippen LogP contribution in [-0.2, 0) is 9.59 Å². The van der Waals surface area contributed by atoms with Gasteiger partial charge in [0.25, 0.3) is 0 Å². The molecule has 0 spiro atoms. The van der Waals surface area contributed by atoms with E-state index < -0.39 is 5.25 Å². The molecule has 31 heavy (non-hydrogen) atoms. The predicted molar refractivity (Wildman–Crippen MR) is 122 cm³/mol. The van der Waals surface area contributed by atoms with Crippen molar-refractivity contribution in [1.29, 1.82) is 0 Å². The number of thioether (sulfide) groups is 1. The predicted octanol–water partition coefficient (Wildman–Crippen LogP) is 3.69. The van der Waals surface area contributed by atoms with Gasteiger partial charge in [0.1, 0.15) is 22.5 Å². The Morgan fingerprint density at radius 1 is 1.06 bits per heavy atom. The molecule has 3 rings (SSSR count). The summed E-state index contributed by atoms with van der Waals surface area (Å²) < 4.78 is 15.6. The van der Waals surface area contributed by atoms with Crippen LogP contribution in [0.2, 0.25) is 0 Å². The van der Waals surface area contributed by atoms with Crippen LogP contribution < -0.4 is 19.5 Å². The molecule has 1 saturated heterocycles. The Balaban J connectivity index is 1.71. The van der Waals surface area contributed by atoms with E-state index in [0.29, 0.717) is 34.6 Å². The summed E-state index contributed by atoms with van der Waals surface area (Å²) in [6.45, 7) is 2.36. The smallest absolute Gasteiger partial charge is 0.242 e. The minimum Gasteiger partial charge on any atom is -0.497 e. The highest BCUT2D eigenvalue weighted by atomic mass is 32.2. The number of rotatable bonds is 8. The molecule has 1 unspecified atom stereocenters. The van der Waals surface area contributed by atoms with Crippen LogP contribution in [0.25, 0.3) is 0 Å². The van der Waals surface area contributed by atoms with E-state index >= 15 is 0 Å². The number of ether oxygens (including phenoxy) is 3. The standard InChI is InChI=1S/C22H25N3O5S/c1-5-25-21(27)19(31-22(25)23-14-6-8-15(28-2)9-7-14)13-20(26)24-17-11-10-16(29-3)12-18(17)30-4/h6-12,19H,5,13H2,1-4H3,(H,24,26). The molecular weight excluding hydrogens is 418 g/mol. The number of carbonyl (C=O) groups excluding carboxylic acids is 2. The molecule has 1 fully saturated rings. The quantitative estimate of drug-likeness (QED) is 0.669. The zero-order valence-corrected chi connectivity index (χ0v) is 18.7. The molecule has 164 valence electrons. The van der Waals surface area contributed by atoms with E-state index in [1.165, 1.54) is 18.9 Å². The Kier molecular flexibility index (Phi) is 7.41. The molecule has 9 heteroatoms. The largest absolute Gasteiger partial charge is 0.497 e. The number of hydrogen-bond acceptors (Lipinski definition) is 7. The van der Waals surface area contributed by atoms with Crippen molar-refractivity contribution in [2.24, 2.45) is 4.99 Å². The molecule has 1 aliphatic rings. The van der Waals surface area contributed by atoms with Crippen molar-refractivity contribution in [3.63, 3.8) is 0 Å². The van der Waals surface area contributed by atoms with Gasteiger partial charge in [-0.05, 0) is 43.3 Å². The molecule has 1 heterocycles. The molecule has 0 bridgehead atoms. The first kappa shape index (κ1) is 22.5. The number of methoxy groups -OCH3 is 3. The topological polar surface area (TPSA) is 89.5 Å². The summed E-state index contributed by atoms with van der Waals surface area (Å²) in [6.07, 6.45) is 0.0246. The van der Waals surface area contributed by atoms with Gasteiger partial charge >= 0.3 is 0 Å². The number of hydrogen-bond donors (Lipinski definition) is 1. The first-order valence-electron chi connectivity index (χ1n) is 9.71. The summed E-state index contributed by atoms with van der Waals surface area (Å²) in [5.41, 5.74) is 1.23. The minimum atomic E-state index is -0.541. The number of benzene rings is 2. The molecule has 2 aromatic rings. The highest BCUT2D eigenvalue weighted by molar-refractivity contribution is 8.15. The number of amides is 2. The van der Waals surface area contributed by atoms with E-state index in [9.17, 15) is 9.59 Å². The highest BCUT2D eigenvalue weighted by Gasteiger charge is 2.38. The Morgan fingerprint density at radius 3 is 2.35 bits per heavy atom. The molecule has 1 aliphatic heterocycles. The highest BCUT2D eigenvalue weighted by Crippen LogP contribution is 2.33. The van der Waals surface area contributed by atoms with Gasteiger partial charge in [-0.1, -0.05) is 11.8 Å². The van der Waals surface area contributed by atoms with Gasteiger partial charge in [-0.3, -0.25) is 14.5 Å². The number of anilines is 1. The van der Waals surface area contributed by atoms with Crippen molar-refractivity contribution in [3.05, 3.63) is 42.5 Å². The Bertz CT molecular complexity index is 978. The molecule has 1 N–H and O–H groups in total. The lowest BCUT2D eigenvalue weighted by molar-refractivity contribution is -0.128. The van der Waals surface area contributed by atoms with Gasteiger partial charge in [0.2, 0.25) is 11.8 Å². The van der Waals surface area contributed by atoms with Crippen molar-refractivity contribution in [2.75, 3.05) is 33.2 Å². The molecule has 1 atom stereocenters. The molecule has 2 amide bonds. The van der Waals surface area contributed by atoms with E-state index in [-0.39, 0.29) is 18.2 Å². The van der Waals surface area contributed by atoms with Crippen LogP contribution in [-0.4, -0.2) is 55.0 Å². The maximum Gasteiger partial charge on any atom is 0.242 e. The molecule has 0 radical (unpaired) electrons. The summed E-state index contributed by atoms with van der Waals surface area (Å²) in [6, 6.07) is 12.4. The van der Waals surface area contributed by atoms with Crippen molar-refractivity contribution in [3.8, 4) is 17.2 Å². The number of amidine groups is 1. The monoisotopic (exact) mass is 443 g/mol. The fourth-order valence-electron chi connectivity index (χ4n) is 3.05. The van der Waals surface area contributed by atoms with Crippen LogP contribution in [0.15, 0.2) is 47.5 Å². The molecule has 8 nitrogen and oxygen atoms in total. The van der Waals surface area contributed by atoms with Crippen molar-refractivity contribution in [2.45, 2.75) is 18.6 Å². The van der Waals surface area contributed by atoms with E-state index in [4.69, 9.17) is 14.2 Å². The van der Waals surface area contributed by atoms with Crippen LogP contribution >= 0.6 is 11.8 Å². The van der Waals surface area contributed by atoms with Crippen LogP contribution in [0.3, 0.4) is 0 Å². The van der Waals surface area contributed by atoms with Gasteiger partial charge in [0.15, 0.2) is 5.17 Å². The third-order valence-electron chi connectivity index (χ3n) is 4.69. The fraction of sp³-hybridized carbons (Fsp3) is 0.318. The summed E-state index contributed by atoms with van der Waals surface area (Å²) >= 11 is 1.29. The Morgan fingerprint density at radius 2 is 1.74 bits per heavy atom. The van der Waals surface area contributed by atoms with E-state index in [1.807, 2.05) is 31.2 Å². The second-order valence-corrected chi connectivity index (χ2v) is 7.77. The van der Waals surface area contributed by atoms with Crippen LogP contribution in [0.1, 0.15) is 13.3 Å². The van der Waals surface area contributed by atoms with Gasteiger partial charge in [-0.15, -0.1) is 0 Å². The van der Waals surface area contributed by atoms with Crippen LogP contribution in [0, 0.1) is 0 Å². The van der Waals surface area contributed by atoms with Crippen molar-refractivity contribution >= 4 is 40.1 Å². The second kappa shape index (κ2) is 10.2. The lowest BCUT2D eigenvalue weighted by atomic mass is 10.2. The first-order chi connectivity index (χ1) is 15.0. The van der Waals surface area contributed by atoms with Gasteiger partial charge in [0.05, 0.1) is 32.7 Å². The average Bonchev–Trinajstić information content (AvgIpc) is 3.08. The molecule has 0 aliphatic carbocycles. The van der Waals surface area contributed by atoms with Crippen LogP contribution in [0.5, 0.6) is 17.2 Å². The normalized spacial score (nSPS) is 17.0. The van der Waals surface area contributed by atoms with Gasteiger partial charge in [0, 0.05) is 19.0 Å². The fourth-order valence-corrected chi connectivity index (χ4v) is 4.28. The third-order valence-corrected chi connectivity index (χ3v) is 5.86. The Labute approximate surface area is 185 Å². The summed E-state index contributed by atoms with van der Waals surface area (Å²) in [4.78, 5) is 31.6. The lowest BCUT2D eigenvalue weighted by Gasteiger charge is -2.14. The lowest BCUT2D eigenvalue weighted by Crippen LogP contribution is -2.33. The van der Waals surface area contributed by atoms with Gasteiger partial charge < -0.3 is 19.5 Å². The molecule has 0 saturated carbocycles. The zero-order valence-electron chi connectivity index (χ0n) is 17.9. The van der Waals surface area contributed by atoms with E-state index in [2.05, 4.69) is 10.3 Å². The molecular formula is C22H25N3O5S. The van der Waals surface area contributed by atoms with Gasteiger partial charge in [-0.2, -0.15) is 0 Å². The number of carbonyl (C=O) groups is 2. The Hall–Kier alpha value is -3.20. The minimum absolute atomic E-state index is 0.0246.